The SMILES string of the molecule is CCN(CC(=O)O)C(=O)C(C)CCc1cccc(F)c1. The highest BCUT2D eigenvalue weighted by molar-refractivity contribution is 5.82. The van der Waals surface area contributed by atoms with Crippen molar-refractivity contribution in [2.45, 2.75) is 26.7 Å². The molecule has 0 spiro atoms. The van der Waals surface area contributed by atoms with Crippen LogP contribution in [-0.4, -0.2) is 35.0 Å². The molecular weight excluding hydrogens is 261 g/mol. The molecule has 110 valence electrons. The Morgan fingerprint density at radius 2 is 2.10 bits per heavy atom. The number of nitrogens with zero attached hydrogens (tertiary/aromatic N) is 1. The fraction of sp³-hybridized carbons (Fsp3) is 0.467. The van der Waals surface area contributed by atoms with Crippen molar-refractivity contribution in [1.82, 2.24) is 4.90 Å². The van der Waals surface area contributed by atoms with E-state index in [4.69, 9.17) is 5.11 Å². The van der Waals surface area contributed by atoms with Gasteiger partial charge in [-0.1, -0.05) is 19.1 Å². The first-order chi connectivity index (χ1) is 9.43. The third-order valence-electron chi connectivity index (χ3n) is 3.20. The van der Waals surface area contributed by atoms with E-state index in [1.165, 1.54) is 17.0 Å². The normalized spacial score (nSPS) is 11.9. The molecule has 0 bridgehead atoms. The number of carbonyl (C=O) groups is 2. The van der Waals surface area contributed by atoms with E-state index in [0.717, 1.165) is 5.56 Å². The predicted octanol–water partition coefficient (Wildman–Crippen LogP) is 2.33. The second kappa shape index (κ2) is 7.62. The second-order valence-electron chi connectivity index (χ2n) is 4.82. The van der Waals surface area contributed by atoms with Gasteiger partial charge in [-0.15, -0.1) is 0 Å². The number of aliphatic carboxylic acids is 1. The molecule has 0 fully saturated rings. The van der Waals surface area contributed by atoms with Crippen LogP contribution in [0.15, 0.2) is 24.3 Å². The van der Waals surface area contributed by atoms with E-state index in [-0.39, 0.29) is 24.2 Å². The Morgan fingerprint density at radius 1 is 1.40 bits per heavy atom. The standard InChI is InChI=1S/C15H20FNO3/c1-3-17(10-14(18)19)15(20)11(2)7-8-12-5-4-6-13(16)9-12/h4-6,9,11H,3,7-8,10H2,1-2H3,(H,18,19). The molecule has 0 saturated carbocycles. The van der Waals surface area contributed by atoms with Gasteiger partial charge >= 0.3 is 5.97 Å². The highest BCUT2D eigenvalue weighted by Gasteiger charge is 2.20. The van der Waals surface area contributed by atoms with E-state index in [1.807, 2.05) is 6.07 Å². The van der Waals surface area contributed by atoms with Gasteiger partial charge in [-0.2, -0.15) is 0 Å². The van der Waals surface area contributed by atoms with Gasteiger partial charge in [0.15, 0.2) is 0 Å². The van der Waals surface area contributed by atoms with Crippen molar-refractivity contribution in [3.63, 3.8) is 0 Å². The van der Waals surface area contributed by atoms with Gasteiger partial charge in [-0.3, -0.25) is 9.59 Å². The van der Waals surface area contributed by atoms with Crippen molar-refractivity contribution in [2.75, 3.05) is 13.1 Å². The van der Waals surface area contributed by atoms with Crippen molar-refractivity contribution >= 4 is 11.9 Å². The van der Waals surface area contributed by atoms with Gasteiger partial charge < -0.3 is 10.0 Å². The number of amides is 1. The van der Waals surface area contributed by atoms with E-state index in [1.54, 1.807) is 19.9 Å². The quantitative estimate of drug-likeness (QED) is 0.834. The van der Waals surface area contributed by atoms with Gasteiger partial charge in [-0.05, 0) is 37.5 Å². The van der Waals surface area contributed by atoms with E-state index in [2.05, 4.69) is 0 Å². The Hall–Kier alpha value is -1.91. The largest absolute Gasteiger partial charge is 0.480 e. The summed E-state index contributed by atoms with van der Waals surface area (Å²) in [5.74, 6) is -1.76. The predicted molar refractivity (Wildman–Crippen MR) is 73.8 cm³/mol. The van der Waals surface area contributed by atoms with Crippen molar-refractivity contribution in [1.29, 1.82) is 0 Å². The number of carbonyl (C=O) groups excluding carboxylic acids is 1. The van der Waals surface area contributed by atoms with Crippen LogP contribution in [0.25, 0.3) is 0 Å². The van der Waals surface area contributed by atoms with Crippen molar-refractivity contribution in [3.8, 4) is 0 Å². The molecule has 0 heterocycles. The molecule has 0 aliphatic heterocycles. The zero-order valence-corrected chi connectivity index (χ0v) is 11.8. The minimum Gasteiger partial charge on any atom is -0.480 e. The molecule has 0 aliphatic carbocycles. The Labute approximate surface area is 118 Å². The molecule has 5 heteroatoms. The minimum absolute atomic E-state index is 0.175. The minimum atomic E-state index is -1.02. The van der Waals surface area contributed by atoms with Crippen LogP contribution in [0.5, 0.6) is 0 Å². The number of aryl methyl sites for hydroxylation is 1. The molecule has 1 atom stereocenters. The molecule has 1 N–H and O–H groups in total. The summed E-state index contributed by atoms with van der Waals surface area (Å²) in [7, 11) is 0. The molecular formula is C15H20FNO3. The summed E-state index contributed by atoms with van der Waals surface area (Å²) in [4.78, 5) is 24.1. The van der Waals surface area contributed by atoms with Crippen LogP contribution in [0.2, 0.25) is 0 Å². The maximum absolute atomic E-state index is 13.0. The molecule has 0 aromatic heterocycles. The lowest BCUT2D eigenvalue weighted by molar-refractivity contribution is -0.146. The van der Waals surface area contributed by atoms with Crippen LogP contribution in [-0.2, 0) is 16.0 Å². The van der Waals surface area contributed by atoms with Gasteiger partial charge in [0.05, 0.1) is 0 Å². The Balaban J connectivity index is 2.54. The van der Waals surface area contributed by atoms with E-state index in [0.29, 0.717) is 19.4 Å². The average Bonchev–Trinajstić information content (AvgIpc) is 2.41. The summed E-state index contributed by atoms with van der Waals surface area (Å²) in [6, 6.07) is 6.28. The molecule has 0 aliphatic rings. The van der Waals surface area contributed by atoms with Crippen LogP contribution >= 0.6 is 0 Å². The summed E-state index contributed by atoms with van der Waals surface area (Å²) >= 11 is 0. The first kappa shape index (κ1) is 16.1. The number of hydrogen-bond acceptors (Lipinski definition) is 2. The Bertz CT molecular complexity index is 476. The third-order valence-corrected chi connectivity index (χ3v) is 3.20. The fourth-order valence-corrected chi connectivity index (χ4v) is 2.02. The van der Waals surface area contributed by atoms with Gasteiger partial charge in [0.1, 0.15) is 12.4 Å². The number of carboxylic acid groups (broad SMARTS) is 1. The molecule has 1 unspecified atom stereocenters. The highest BCUT2D eigenvalue weighted by atomic mass is 19.1. The van der Waals surface area contributed by atoms with Crippen LogP contribution in [0.4, 0.5) is 4.39 Å². The maximum atomic E-state index is 13.0. The number of carboxylic acids is 1. The maximum Gasteiger partial charge on any atom is 0.323 e. The molecule has 1 aromatic carbocycles. The number of benzene rings is 1. The number of halogens is 1. The zero-order valence-electron chi connectivity index (χ0n) is 11.8. The first-order valence-corrected chi connectivity index (χ1v) is 6.69. The molecule has 20 heavy (non-hydrogen) atoms. The van der Waals surface area contributed by atoms with Gasteiger partial charge in [0, 0.05) is 12.5 Å². The summed E-state index contributed by atoms with van der Waals surface area (Å²) in [6.45, 7) is 3.61. The van der Waals surface area contributed by atoms with Crippen LogP contribution in [0.3, 0.4) is 0 Å². The number of hydrogen-bond donors (Lipinski definition) is 1. The van der Waals surface area contributed by atoms with E-state index in [9.17, 15) is 14.0 Å². The summed E-state index contributed by atoms with van der Waals surface area (Å²) in [6.07, 6.45) is 1.16. The topological polar surface area (TPSA) is 57.6 Å². The molecule has 0 radical (unpaired) electrons. The summed E-state index contributed by atoms with van der Waals surface area (Å²) < 4.78 is 13.0. The van der Waals surface area contributed by atoms with Gasteiger partial charge in [0.2, 0.25) is 5.91 Å². The lowest BCUT2D eigenvalue weighted by atomic mass is 9.99. The summed E-state index contributed by atoms with van der Waals surface area (Å²) in [5.41, 5.74) is 0.839. The molecule has 0 saturated heterocycles. The lowest BCUT2D eigenvalue weighted by Crippen LogP contribution is -2.38. The van der Waals surface area contributed by atoms with E-state index < -0.39 is 5.97 Å². The summed E-state index contributed by atoms with van der Waals surface area (Å²) in [5, 5.41) is 8.75. The molecule has 1 amide bonds. The lowest BCUT2D eigenvalue weighted by Gasteiger charge is -2.22. The second-order valence-corrected chi connectivity index (χ2v) is 4.82. The number of rotatable bonds is 7. The molecule has 1 rings (SSSR count). The van der Waals surface area contributed by atoms with Crippen molar-refractivity contribution in [2.24, 2.45) is 5.92 Å². The van der Waals surface area contributed by atoms with Crippen molar-refractivity contribution < 1.29 is 19.1 Å². The highest BCUT2D eigenvalue weighted by Crippen LogP contribution is 2.13. The Kier molecular flexibility index (Phi) is 6.15. The van der Waals surface area contributed by atoms with Crippen LogP contribution in [0.1, 0.15) is 25.8 Å². The van der Waals surface area contributed by atoms with Crippen LogP contribution < -0.4 is 0 Å². The van der Waals surface area contributed by atoms with E-state index >= 15 is 0 Å². The average molecular weight is 281 g/mol. The number of likely N-dealkylation sites (N-methyl/N-ethyl adjacent to an activating group) is 1. The molecule has 1 aromatic rings. The van der Waals surface area contributed by atoms with Crippen molar-refractivity contribution in [3.05, 3.63) is 35.6 Å². The van der Waals surface area contributed by atoms with Crippen LogP contribution in [0, 0.1) is 11.7 Å². The van der Waals surface area contributed by atoms with Gasteiger partial charge in [0.25, 0.3) is 0 Å². The zero-order chi connectivity index (χ0) is 15.1. The third kappa shape index (κ3) is 4.99. The Morgan fingerprint density at radius 3 is 2.65 bits per heavy atom. The smallest absolute Gasteiger partial charge is 0.323 e. The van der Waals surface area contributed by atoms with Gasteiger partial charge in [-0.25, -0.2) is 4.39 Å². The monoisotopic (exact) mass is 281 g/mol. The molecule has 4 nitrogen and oxygen atoms in total. The first-order valence-electron chi connectivity index (χ1n) is 6.69. The fourth-order valence-electron chi connectivity index (χ4n) is 2.02.